The topological polar surface area (TPSA) is 69.7 Å². The summed E-state index contributed by atoms with van der Waals surface area (Å²) in [6, 6.07) is 13.7. The summed E-state index contributed by atoms with van der Waals surface area (Å²) in [4.78, 5) is 41.3. The van der Waals surface area contributed by atoms with Gasteiger partial charge in [0.05, 0.1) is 5.69 Å². The van der Waals surface area contributed by atoms with Crippen LogP contribution in [0.1, 0.15) is 30.1 Å². The number of rotatable bonds is 4. The van der Waals surface area contributed by atoms with Crippen molar-refractivity contribution in [2.45, 2.75) is 19.8 Å². The monoisotopic (exact) mass is 501 g/mol. The maximum Gasteiger partial charge on any atom is 0.283 e. The van der Waals surface area contributed by atoms with Crippen LogP contribution >= 0.6 is 27.5 Å². The number of benzene rings is 2. The maximum absolute atomic E-state index is 12.9. The molecule has 2 aliphatic rings. The summed E-state index contributed by atoms with van der Waals surface area (Å²) >= 11 is 9.54. The van der Waals surface area contributed by atoms with Crippen LogP contribution in [0.5, 0.6) is 0 Å². The maximum atomic E-state index is 12.9. The number of imide groups is 1. The second kappa shape index (κ2) is 8.85. The average molecular weight is 503 g/mol. The number of piperidine rings is 1. The number of halogens is 2. The second-order valence-corrected chi connectivity index (χ2v) is 9.09. The molecule has 2 aromatic rings. The molecule has 2 aliphatic heterocycles. The number of likely N-dealkylation sites (tertiary alicyclic amines) is 1. The molecule has 3 amide bonds. The Kier molecular flexibility index (Phi) is 6.16. The van der Waals surface area contributed by atoms with Crippen LogP contribution in [0.25, 0.3) is 0 Å². The highest BCUT2D eigenvalue weighted by atomic mass is 79.9. The van der Waals surface area contributed by atoms with Crippen molar-refractivity contribution < 1.29 is 14.4 Å². The fourth-order valence-corrected chi connectivity index (χ4v) is 4.18. The lowest BCUT2D eigenvalue weighted by atomic mass is 9.98. The summed E-state index contributed by atoms with van der Waals surface area (Å²) in [5, 5.41) is 2.76. The van der Waals surface area contributed by atoms with E-state index in [0.29, 0.717) is 22.9 Å². The highest BCUT2D eigenvalue weighted by Crippen LogP contribution is 2.31. The third kappa shape index (κ3) is 4.38. The molecule has 1 fully saturated rings. The Morgan fingerprint density at radius 1 is 1.06 bits per heavy atom. The predicted octanol–water partition coefficient (Wildman–Crippen LogP) is 4.76. The average Bonchev–Trinajstić information content (AvgIpc) is 2.98. The molecule has 8 heteroatoms. The molecule has 2 heterocycles. The van der Waals surface area contributed by atoms with Crippen molar-refractivity contribution in [1.82, 2.24) is 4.90 Å². The molecule has 0 aromatic heterocycles. The smallest absolute Gasteiger partial charge is 0.283 e. The van der Waals surface area contributed by atoms with Crippen molar-refractivity contribution in [2.75, 3.05) is 23.3 Å². The molecule has 160 valence electrons. The molecule has 0 bridgehead atoms. The number of nitrogens with one attached hydrogen (secondary N) is 1. The minimum atomic E-state index is -0.592. The quantitative estimate of drug-likeness (QED) is 0.612. The first-order valence-electron chi connectivity index (χ1n) is 10.1. The van der Waals surface area contributed by atoms with E-state index in [0.717, 1.165) is 35.3 Å². The van der Waals surface area contributed by atoms with Gasteiger partial charge in [0.15, 0.2) is 0 Å². The van der Waals surface area contributed by atoms with Crippen molar-refractivity contribution in [3.8, 4) is 0 Å². The largest absolute Gasteiger partial charge is 0.350 e. The van der Waals surface area contributed by atoms with Gasteiger partial charge in [-0.3, -0.25) is 14.4 Å². The molecule has 0 saturated carbocycles. The van der Waals surface area contributed by atoms with E-state index in [1.807, 2.05) is 4.90 Å². The zero-order valence-corrected chi connectivity index (χ0v) is 19.2. The first-order chi connectivity index (χ1) is 14.8. The van der Waals surface area contributed by atoms with Gasteiger partial charge in [-0.05, 0) is 61.2 Å². The fourth-order valence-electron chi connectivity index (χ4n) is 3.70. The summed E-state index contributed by atoms with van der Waals surface area (Å²) in [7, 11) is 0. The van der Waals surface area contributed by atoms with Crippen molar-refractivity contribution in [3.63, 3.8) is 0 Å². The van der Waals surface area contributed by atoms with Crippen molar-refractivity contribution in [3.05, 3.63) is 69.3 Å². The summed E-state index contributed by atoms with van der Waals surface area (Å²) in [6.07, 6.45) is 1.99. The van der Waals surface area contributed by atoms with E-state index in [1.54, 1.807) is 48.5 Å². The van der Waals surface area contributed by atoms with E-state index >= 15 is 0 Å². The number of hydrogen-bond acceptors (Lipinski definition) is 4. The second-order valence-electron chi connectivity index (χ2n) is 7.79. The number of carbonyl (C=O) groups is 3. The molecule has 6 nitrogen and oxygen atoms in total. The minimum absolute atomic E-state index is 0.00835. The number of anilines is 2. The Bertz CT molecular complexity index is 1080. The van der Waals surface area contributed by atoms with Gasteiger partial charge in [-0.15, -0.1) is 0 Å². The van der Waals surface area contributed by atoms with Gasteiger partial charge in [0, 0.05) is 28.8 Å². The van der Waals surface area contributed by atoms with E-state index in [4.69, 9.17) is 11.6 Å². The molecule has 31 heavy (non-hydrogen) atoms. The van der Waals surface area contributed by atoms with Crippen LogP contribution in [0.15, 0.2) is 63.7 Å². The van der Waals surface area contributed by atoms with Gasteiger partial charge in [-0.1, -0.05) is 40.5 Å². The molecule has 0 aliphatic carbocycles. The van der Waals surface area contributed by atoms with E-state index in [9.17, 15) is 14.4 Å². The molecule has 0 atom stereocenters. The van der Waals surface area contributed by atoms with Crippen LogP contribution in [0.3, 0.4) is 0 Å². The predicted molar refractivity (Wildman–Crippen MR) is 124 cm³/mol. The first-order valence-corrected chi connectivity index (χ1v) is 11.2. The third-order valence-corrected chi connectivity index (χ3v) is 6.44. The third-order valence-electron chi connectivity index (χ3n) is 5.56. The van der Waals surface area contributed by atoms with Crippen LogP contribution in [0.4, 0.5) is 11.4 Å². The van der Waals surface area contributed by atoms with Crippen LogP contribution < -0.4 is 10.2 Å². The fraction of sp³-hybridized carbons (Fsp3) is 0.261. The number of hydrogen-bond donors (Lipinski definition) is 1. The van der Waals surface area contributed by atoms with E-state index in [1.165, 1.54) is 0 Å². The molecule has 0 radical (unpaired) electrons. The Morgan fingerprint density at radius 3 is 2.42 bits per heavy atom. The highest BCUT2D eigenvalue weighted by molar-refractivity contribution is 9.10. The molecule has 1 N–H and O–H groups in total. The molecule has 1 saturated heterocycles. The molecule has 0 spiro atoms. The lowest BCUT2D eigenvalue weighted by Gasteiger charge is -2.30. The van der Waals surface area contributed by atoms with Crippen molar-refractivity contribution in [2.24, 2.45) is 5.92 Å². The zero-order chi connectivity index (χ0) is 22.1. The molecular formula is C23H21BrClN3O3. The number of amides is 3. The van der Waals surface area contributed by atoms with Gasteiger partial charge in [0.1, 0.15) is 10.7 Å². The lowest BCUT2D eigenvalue weighted by Crippen LogP contribution is -2.37. The van der Waals surface area contributed by atoms with Gasteiger partial charge in [-0.2, -0.15) is 0 Å². The Balaban J connectivity index is 1.53. The van der Waals surface area contributed by atoms with Gasteiger partial charge in [-0.25, -0.2) is 4.90 Å². The molecule has 2 aromatic carbocycles. The van der Waals surface area contributed by atoms with E-state index in [2.05, 4.69) is 28.2 Å². The molecule has 0 unspecified atom stereocenters. The van der Waals surface area contributed by atoms with Crippen LogP contribution in [0.2, 0.25) is 0 Å². The molecular weight excluding hydrogens is 482 g/mol. The number of nitrogens with zero attached hydrogens (tertiary/aromatic N) is 2. The van der Waals surface area contributed by atoms with Gasteiger partial charge < -0.3 is 10.2 Å². The van der Waals surface area contributed by atoms with Gasteiger partial charge in [0.2, 0.25) is 0 Å². The lowest BCUT2D eigenvalue weighted by molar-refractivity contribution is -0.120. The van der Waals surface area contributed by atoms with Crippen molar-refractivity contribution in [1.29, 1.82) is 0 Å². The van der Waals surface area contributed by atoms with E-state index in [-0.39, 0.29) is 16.6 Å². The van der Waals surface area contributed by atoms with Crippen LogP contribution in [-0.4, -0.2) is 35.7 Å². The Hall–Kier alpha value is -2.64. The van der Waals surface area contributed by atoms with E-state index < -0.39 is 11.8 Å². The summed E-state index contributed by atoms with van der Waals surface area (Å²) in [5.74, 6) is -0.545. The molecule has 4 rings (SSSR count). The SMILES string of the molecule is CC1CCN(C(=O)c2cccc(NC3=C(Cl)C(=O)N(c4ccc(Br)cc4)C3=O)c2)CC1. The summed E-state index contributed by atoms with van der Waals surface area (Å²) in [6.45, 7) is 3.68. The Morgan fingerprint density at radius 2 is 1.74 bits per heavy atom. The summed E-state index contributed by atoms with van der Waals surface area (Å²) in [5.41, 5.74) is 1.46. The normalized spacial score (nSPS) is 17.5. The zero-order valence-electron chi connectivity index (χ0n) is 16.9. The standard InChI is InChI=1S/C23H21BrClN3O3/c1-14-9-11-27(12-10-14)21(29)15-3-2-4-17(13-15)26-20-19(25)22(30)28(23(20)31)18-7-5-16(24)6-8-18/h2-8,13-14,26H,9-12H2,1H3. The Labute approximate surface area is 194 Å². The number of carbonyl (C=O) groups excluding carboxylic acids is 3. The van der Waals surface area contributed by atoms with Gasteiger partial charge >= 0.3 is 0 Å². The summed E-state index contributed by atoms with van der Waals surface area (Å²) < 4.78 is 0.831. The van der Waals surface area contributed by atoms with Gasteiger partial charge in [0.25, 0.3) is 17.7 Å². The highest BCUT2D eigenvalue weighted by Gasteiger charge is 2.39. The van der Waals surface area contributed by atoms with Crippen LogP contribution in [0, 0.1) is 5.92 Å². The first kappa shape index (κ1) is 21.6. The minimum Gasteiger partial charge on any atom is -0.350 e. The van der Waals surface area contributed by atoms with Crippen molar-refractivity contribution >= 4 is 56.6 Å². The van der Waals surface area contributed by atoms with Crippen LogP contribution in [-0.2, 0) is 9.59 Å².